The van der Waals surface area contributed by atoms with Gasteiger partial charge in [0.15, 0.2) is 0 Å². The van der Waals surface area contributed by atoms with Crippen LogP contribution in [-0.4, -0.2) is 5.91 Å². The maximum absolute atomic E-state index is 12.5. The molecule has 3 aromatic rings. The lowest BCUT2D eigenvalue weighted by Crippen LogP contribution is -2.20. The Morgan fingerprint density at radius 3 is 2.04 bits per heavy atom. The Kier molecular flexibility index (Phi) is 5.70. The molecule has 0 bridgehead atoms. The van der Waals surface area contributed by atoms with Gasteiger partial charge in [-0.1, -0.05) is 60.1 Å². The highest BCUT2D eigenvalue weighted by molar-refractivity contribution is 6.30. The first-order valence-corrected chi connectivity index (χ1v) is 8.50. The number of para-hydroxylation sites is 1. The summed E-state index contributed by atoms with van der Waals surface area (Å²) in [5, 5.41) is 7.00. The third-order valence-corrected chi connectivity index (χ3v) is 4.09. The van der Waals surface area contributed by atoms with Crippen LogP contribution in [0.4, 0.5) is 11.4 Å². The highest BCUT2D eigenvalue weighted by Gasteiger charge is 2.16. The Hall–Kier alpha value is -2.78. The van der Waals surface area contributed by atoms with Crippen molar-refractivity contribution in [3.8, 4) is 0 Å². The number of hydrogen-bond donors (Lipinski definition) is 2. The molecule has 0 aliphatic rings. The molecule has 3 nitrogen and oxygen atoms in total. The van der Waals surface area contributed by atoms with Crippen LogP contribution in [0.5, 0.6) is 0 Å². The molecule has 25 heavy (non-hydrogen) atoms. The van der Waals surface area contributed by atoms with Crippen LogP contribution < -0.4 is 10.6 Å². The van der Waals surface area contributed by atoms with Crippen molar-refractivity contribution in [1.29, 1.82) is 0 Å². The second kappa shape index (κ2) is 8.36. The molecule has 1 amide bonds. The minimum atomic E-state index is -0.115. The molecule has 2 N–H and O–H groups in total. The molecule has 1 atom stereocenters. The van der Waals surface area contributed by atoms with Crippen LogP contribution in [0.25, 0.3) is 0 Å². The topological polar surface area (TPSA) is 41.1 Å². The molecule has 3 rings (SSSR count). The maximum atomic E-state index is 12.5. The van der Waals surface area contributed by atoms with Crippen molar-refractivity contribution >= 4 is 28.9 Å². The van der Waals surface area contributed by atoms with Crippen molar-refractivity contribution in [1.82, 2.24) is 0 Å². The van der Waals surface area contributed by atoms with Crippen LogP contribution in [0, 0.1) is 0 Å². The van der Waals surface area contributed by atoms with Crippen LogP contribution >= 0.6 is 11.6 Å². The Morgan fingerprint density at radius 1 is 0.800 bits per heavy atom. The van der Waals surface area contributed by atoms with Crippen LogP contribution in [0.1, 0.15) is 18.0 Å². The number of anilines is 2. The summed E-state index contributed by atoms with van der Waals surface area (Å²) in [4.78, 5) is 12.5. The van der Waals surface area contributed by atoms with E-state index in [-0.39, 0.29) is 11.9 Å². The summed E-state index contributed by atoms with van der Waals surface area (Å²) < 4.78 is 0. The average molecular weight is 351 g/mol. The molecule has 0 fully saturated rings. The van der Waals surface area contributed by atoms with E-state index in [0.717, 1.165) is 16.9 Å². The molecule has 4 heteroatoms. The van der Waals surface area contributed by atoms with E-state index in [4.69, 9.17) is 11.6 Å². The summed E-state index contributed by atoms with van der Waals surface area (Å²) in [5.74, 6) is -0.0559. The van der Waals surface area contributed by atoms with Gasteiger partial charge >= 0.3 is 0 Å². The number of halogens is 1. The zero-order valence-electron chi connectivity index (χ0n) is 13.7. The fourth-order valence-electron chi connectivity index (χ4n) is 2.60. The number of benzene rings is 3. The Balaban J connectivity index is 1.72. The van der Waals surface area contributed by atoms with E-state index in [2.05, 4.69) is 10.6 Å². The Bertz CT molecular complexity index is 804. The second-order valence-electron chi connectivity index (χ2n) is 5.73. The summed E-state index contributed by atoms with van der Waals surface area (Å²) in [6.45, 7) is 0. The molecule has 0 saturated carbocycles. The van der Waals surface area contributed by atoms with Gasteiger partial charge in [0.05, 0.1) is 12.5 Å². The standard InChI is InChI=1S/C21H19ClN2O/c22-17-11-13-19(14-12-17)24-21(25)15-20(16-7-3-1-4-8-16)23-18-9-5-2-6-10-18/h1-14,20,23H,15H2,(H,24,25). The fourth-order valence-corrected chi connectivity index (χ4v) is 2.73. The molecular formula is C21H19ClN2O. The minimum absolute atomic E-state index is 0.0559. The number of amides is 1. The molecule has 0 spiro atoms. The molecule has 0 heterocycles. The average Bonchev–Trinajstić information content (AvgIpc) is 2.65. The molecule has 0 aliphatic carbocycles. The smallest absolute Gasteiger partial charge is 0.226 e. The van der Waals surface area contributed by atoms with Gasteiger partial charge < -0.3 is 10.6 Å². The van der Waals surface area contributed by atoms with Crippen molar-refractivity contribution in [2.75, 3.05) is 10.6 Å². The van der Waals surface area contributed by atoms with Gasteiger partial charge in [-0.3, -0.25) is 4.79 Å². The number of hydrogen-bond acceptors (Lipinski definition) is 2. The summed E-state index contributed by atoms with van der Waals surface area (Å²) >= 11 is 5.88. The molecule has 0 aromatic heterocycles. The molecule has 0 saturated heterocycles. The first kappa shape index (κ1) is 17.1. The molecular weight excluding hydrogens is 332 g/mol. The van der Waals surface area contributed by atoms with Gasteiger partial charge in [0.25, 0.3) is 0 Å². The largest absolute Gasteiger partial charge is 0.378 e. The monoisotopic (exact) mass is 350 g/mol. The van der Waals surface area contributed by atoms with E-state index in [1.54, 1.807) is 24.3 Å². The summed E-state index contributed by atoms with van der Waals surface area (Å²) in [6, 6.07) is 26.9. The normalized spacial score (nSPS) is 11.6. The zero-order chi connectivity index (χ0) is 17.5. The molecule has 0 radical (unpaired) electrons. The Labute approximate surface area is 152 Å². The van der Waals surface area contributed by atoms with Crippen LogP contribution in [0.15, 0.2) is 84.9 Å². The molecule has 3 aromatic carbocycles. The van der Waals surface area contributed by atoms with E-state index in [0.29, 0.717) is 11.4 Å². The van der Waals surface area contributed by atoms with Crippen molar-refractivity contribution in [2.24, 2.45) is 0 Å². The number of rotatable bonds is 6. The number of carbonyl (C=O) groups excluding carboxylic acids is 1. The van der Waals surface area contributed by atoms with Gasteiger partial charge in [-0.25, -0.2) is 0 Å². The van der Waals surface area contributed by atoms with Gasteiger partial charge in [0.2, 0.25) is 5.91 Å². The fraction of sp³-hybridized carbons (Fsp3) is 0.0952. The van der Waals surface area contributed by atoms with Gasteiger partial charge in [-0.05, 0) is 42.0 Å². The van der Waals surface area contributed by atoms with E-state index in [1.807, 2.05) is 60.7 Å². The second-order valence-corrected chi connectivity index (χ2v) is 6.17. The van der Waals surface area contributed by atoms with Crippen molar-refractivity contribution in [2.45, 2.75) is 12.5 Å². The first-order valence-electron chi connectivity index (χ1n) is 8.12. The third-order valence-electron chi connectivity index (χ3n) is 3.83. The lowest BCUT2D eigenvalue weighted by Gasteiger charge is -2.20. The van der Waals surface area contributed by atoms with Crippen LogP contribution in [0.3, 0.4) is 0 Å². The van der Waals surface area contributed by atoms with E-state index in [1.165, 1.54) is 0 Å². The molecule has 126 valence electrons. The SMILES string of the molecule is O=C(CC(Nc1ccccc1)c1ccccc1)Nc1ccc(Cl)cc1. The minimum Gasteiger partial charge on any atom is -0.378 e. The third kappa shape index (κ3) is 5.10. The highest BCUT2D eigenvalue weighted by atomic mass is 35.5. The predicted octanol–water partition coefficient (Wildman–Crippen LogP) is 5.52. The highest BCUT2D eigenvalue weighted by Crippen LogP contribution is 2.23. The zero-order valence-corrected chi connectivity index (χ0v) is 14.4. The van der Waals surface area contributed by atoms with Gasteiger partial charge in [-0.15, -0.1) is 0 Å². The van der Waals surface area contributed by atoms with E-state index >= 15 is 0 Å². The predicted molar refractivity (Wildman–Crippen MR) is 104 cm³/mol. The molecule has 1 unspecified atom stereocenters. The maximum Gasteiger partial charge on any atom is 0.226 e. The van der Waals surface area contributed by atoms with Crippen molar-refractivity contribution in [3.05, 3.63) is 95.5 Å². The van der Waals surface area contributed by atoms with E-state index in [9.17, 15) is 4.79 Å². The summed E-state index contributed by atoms with van der Waals surface area (Å²) in [5.41, 5.74) is 2.79. The molecule has 0 aliphatic heterocycles. The summed E-state index contributed by atoms with van der Waals surface area (Å²) in [7, 11) is 0. The number of nitrogens with one attached hydrogen (secondary N) is 2. The van der Waals surface area contributed by atoms with Crippen molar-refractivity contribution in [3.63, 3.8) is 0 Å². The van der Waals surface area contributed by atoms with Crippen molar-refractivity contribution < 1.29 is 4.79 Å². The quantitative estimate of drug-likeness (QED) is 0.614. The first-order chi connectivity index (χ1) is 12.2. The van der Waals surface area contributed by atoms with Gasteiger partial charge in [0, 0.05) is 16.4 Å². The lowest BCUT2D eigenvalue weighted by molar-refractivity contribution is -0.116. The Morgan fingerprint density at radius 2 is 1.40 bits per heavy atom. The lowest BCUT2D eigenvalue weighted by atomic mass is 10.0. The summed E-state index contributed by atoms with van der Waals surface area (Å²) in [6.07, 6.45) is 0.321. The van der Waals surface area contributed by atoms with Gasteiger partial charge in [0.1, 0.15) is 0 Å². The van der Waals surface area contributed by atoms with Crippen LogP contribution in [-0.2, 0) is 4.79 Å². The van der Waals surface area contributed by atoms with E-state index < -0.39 is 0 Å². The van der Waals surface area contributed by atoms with Gasteiger partial charge in [-0.2, -0.15) is 0 Å². The van der Waals surface area contributed by atoms with Crippen LogP contribution in [0.2, 0.25) is 5.02 Å². The number of carbonyl (C=O) groups is 1.